The van der Waals surface area contributed by atoms with E-state index >= 15 is 0 Å². The van der Waals surface area contributed by atoms with Crippen LogP contribution in [0.25, 0.3) is 0 Å². The predicted molar refractivity (Wildman–Crippen MR) is 133 cm³/mol. The maximum Gasteiger partial charge on any atom is 0.309 e. The highest BCUT2D eigenvalue weighted by Crippen LogP contribution is 2.42. The van der Waals surface area contributed by atoms with Crippen LogP contribution < -0.4 is 4.90 Å². The van der Waals surface area contributed by atoms with Gasteiger partial charge in [-0.05, 0) is 55.8 Å². The summed E-state index contributed by atoms with van der Waals surface area (Å²) in [6.07, 6.45) is 1.27. The maximum absolute atomic E-state index is 13.3. The number of esters is 1. The number of benzene rings is 1. The number of carbonyl (C=O) groups is 4. The smallest absolute Gasteiger partial charge is 0.309 e. The summed E-state index contributed by atoms with van der Waals surface area (Å²) in [6.45, 7) is 3.32. The molecule has 0 aromatic heterocycles. The molecule has 10 heteroatoms. The summed E-state index contributed by atoms with van der Waals surface area (Å²) in [5, 5.41) is 3.68. The van der Waals surface area contributed by atoms with E-state index in [4.69, 9.17) is 4.74 Å². The summed E-state index contributed by atoms with van der Waals surface area (Å²) in [4.78, 5) is 54.9. The number of hydrogen-bond donors (Lipinski definition) is 0. The third kappa shape index (κ3) is 5.54. The first-order valence-electron chi connectivity index (χ1n) is 10.6. The molecule has 0 bridgehead atoms. The first-order valence-corrected chi connectivity index (χ1v) is 12.3. The van der Waals surface area contributed by atoms with Crippen molar-refractivity contribution in [2.45, 2.75) is 19.8 Å². The van der Waals surface area contributed by atoms with Gasteiger partial charge >= 0.3 is 5.97 Å². The van der Waals surface area contributed by atoms with Crippen molar-refractivity contribution in [3.8, 4) is 0 Å². The summed E-state index contributed by atoms with van der Waals surface area (Å²) in [5.74, 6) is -1.23. The first kappa shape index (κ1) is 25.6. The predicted octanol–water partition coefficient (Wildman–Crippen LogP) is 3.64. The lowest BCUT2D eigenvalue weighted by molar-refractivity contribution is -0.149. The van der Waals surface area contributed by atoms with Crippen LogP contribution in [0.1, 0.15) is 30.1 Å². The number of ether oxygens (including phenoxy) is 1. The van der Waals surface area contributed by atoms with E-state index in [-0.39, 0.29) is 60.4 Å². The molecule has 0 radical (unpaired) electrons. The maximum atomic E-state index is 13.3. The largest absolute Gasteiger partial charge is 0.466 e. The number of carbonyl (C=O) groups excluding carboxylic acids is 4. The minimum Gasteiger partial charge on any atom is -0.466 e. The van der Waals surface area contributed by atoms with E-state index in [0.717, 1.165) is 0 Å². The Labute approximate surface area is 207 Å². The number of ketones is 2. The molecule has 4 rings (SSSR count). The number of Topliss-reactive ketones (excluding diaryl/α,β-unsaturated/α-hetero) is 2. The quantitative estimate of drug-likeness (QED) is 0.346. The second-order valence-corrected chi connectivity index (χ2v) is 9.81. The van der Waals surface area contributed by atoms with Gasteiger partial charge in [-0.15, -0.1) is 12.4 Å². The number of anilines is 1. The molecule has 0 unspecified atom stereocenters. The van der Waals surface area contributed by atoms with Gasteiger partial charge in [0.25, 0.3) is 0 Å². The van der Waals surface area contributed by atoms with E-state index in [2.05, 4.69) is 0 Å². The molecule has 3 aliphatic heterocycles. The minimum absolute atomic E-state index is 0. The van der Waals surface area contributed by atoms with Crippen molar-refractivity contribution in [1.29, 1.82) is 0 Å². The Morgan fingerprint density at radius 3 is 2.42 bits per heavy atom. The van der Waals surface area contributed by atoms with Crippen LogP contribution in [-0.2, 0) is 19.1 Å². The van der Waals surface area contributed by atoms with Gasteiger partial charge in [0.2, 0.25) is 5.91 Å². The number of fused-ring (bicyclic) bond motifs is 1. The van der Waals surface area contributed by atoms with Gasteiger partial charge in [-0.25, -0.2) is 0 Å². The fraction of sp³-hybridized carbons (Fsp3) is 0.391. The zero-order chi connectivity index (χ0) is 22.7. The molecular formula is C23H25ClN2O5S2. The molecule has 3 heterocycles. The van der Waals surface area contributed by atoms with Crippen LogP contribution in [0.15, 0.2) is 44.9 Å². The van der Waals surface area contributed by atoms with Gasteiger partial charge in [-0.3, -0.25) is 24.1 Å². The molecule has 0 N–H and O–H groups in total. The Hall–Kier alpha value is -2.07. The second-order valence-electron chi connectivity index (χ2n) is 7.72. The molecule has 1 aromatic carbocycles. The molecular weight excluding hydrogens is 484 g/mol. The van der Waals surface area contributed by atoms with Crippen LogP contribution in [0.4, 0.5) is 5.69 Å². The number of nitrogens with zero attached hydrogens (tertiary/aromatic N) is 2. The van der Waals surface area contributed by atoms with E-state index in [1.165, 1.54) is 28.4 Å². The lowest BCUT2D eigenvalue weighted by Crippen LogP contribution is -2.45. The van der Waals surface area contributed by atoms with E-state index < -0.39 is 0 Å². The molecule has 7 nitrogen and oxygen atoms in total. The fourth-order valence-electron chi connectivity index (χ4n) is 4.09. The third-order valence-electron chi connectivity index (χ3n) is 5.72. The number of rotatable bonds is 4. The molecule has 176 valence electrons. The molecule has 0 saturated carbocycles. The Balaban J connectivity index is 0.00000306. The van der Waals surface area contributed by atoms with E-state index in [1.54, 1.807) is 31.2 Å². The van der Waals surface area contributed by atoms with E-state index in [1.807, 2.05) is 15.7 Å². The minimum atomic E-state index is -0.348. The van der Waals surface area contributed by atoms with E-state index in [0.29, 0.717) is 48.0 Å². The Morgan fingerprint density at radius 1 is 1.09 bits per heavy atom. The van der Waals surface area contributed by atoms with Gasteiger partial charge in [0.1, 0.15) is 0 Å². The molecule has 1 fully saturated rings. The average Bonchev–Trinajstić information content (AvgIpc) is 3.29. The number of piperidine rings is 1. The molecule has 1 aromatic rings. The van der Waals surface area contributed by atoms with Gasteiger partial charge in [0, 0.05) is 5.56 Å². The lowest BCUT2D eigenvalue weighted by atomic mass is 9.97. The number of likely N-dealkylation sites (tertiary alicyclic amines) is 1. The molecule has 0 aliphatic carbocycles. The number of halogens is 1. The number of thioether (sulfide) groups is 2. The Kier molecular flexibility index (Phi) is 8.81. The summed E-state index contributed by atoms with van der Waals surface area (Å²) >= 11 is 2.71. The van der Waals surface area contributed by atoms with Crippen molar-refractivity contribution >= 4 is 65.1 Å². The lowest BCUT2D eigenvalue weighted by Gasteiger charge is -2.32. The monoisotopic (exact) mass is 508 g/mol. The number of para-hydroxylation sites is 1. The summed E-state index contributed by atoms with van der Waals surface area (Å²) < 4.78 is 5.76. The van der Waals surface area contributed by atoms with Crippen LogP contribution in [0, 0.1) is 5.92 Å². The highest BCUT2D eigenvalue weighted by molar-refractivity contribution is 8.27. The van der Waals surface area contributed by atoms with E-state index in [9.17, 15) is 19.2 Å². The normalized spacial score (nSPS) is 19.2. The van der Waals surface area contributed by atoms with Crippen LogP contribution in [0.3, 0.4) is 0 Å². The van der Waals surface area contributed by atoms with Crippen molar-refractivity contribution in [2.24, 2.45) is 5.92 Å². The van der Waals surface area contributed by atoms with Crippen molar-refractivity contribution in [3.63, 3.8) is 0 Å². The fourth-order valence-corrected chi connectivity index (χ4v) is 5.98. The third-order valence-corrected chi connectivity index (χ3v) is 7.85. The van der Waals surface area contributed by atoms with Crippen LogP contribution in [-0.4, -0.2) is 61.1 Å². The Bertz CT molecular complexity index is 1010. The summed E-state index contributed by atoms with van der Waals surface area (Å²) in [6, 6.07) is 6.89. The molecule has 1 saturated heterocycles. The van der Waals surface area contributed by atoms with Crippen molar-refractivity contribution in [1.82, 2.24) is 4.90 Å². The van der Waals surface area contributed by atoms with Crippen molar-refractivity contribution < 1.29 is 23.9 Å². The summed E-state index contributed by atoms with van der Waals surface area (Å²) in [7, 11) is 0. The standard InChI is InChI=1S/C23H24N2O5S2.ClH/c1-2-30-22(29)15-7-9-24(10-8-15)14-19(27)25-13-18(26)20(23-31-11-12-32-23)21(28)16-5-3-4-6-17(16)25;/h3-6,11-12,15H,2,7-10,13-14H2,1H3;1H. The van der Waals surface area contributed by atoms with Gasteiger partial charge in [0.05, 0.1) is 41.1 Å². The van der Waals surface area contributed by atoms with Gasteiger partial charge in [-0.1, -0.05) is 35.7 Å². The highest BCUT2D eigenvalue weighted by atomic mass is 35.5. The topological polar surface area (TPSA) is 84.0 Å². The zero-order valence-corrected chi connectivity index (χ0v) is 20.6. The van der Waals surface area contributed by atoms with Crippen molar-refractivity contribution in [3.05, 3.63) is 50.5 Å². The number of amides is 1. The molecule has 0 spiro atoms. The van der Waals surface area contributed by atoms with Gasteiger partial charge in [0.15, 0.2) is 11.6 Å². The second kappa shape index (κ2) is 11.4. The van der Waals surface area contributed by atoms with Gasteiger partial charge < -0.3 is 9.64 Å². The van der Waals surface area contributed by atoms with Gasteiger partial charge in [-0.2, -0.15) is 0 Å². The van der Waals surface area contributed by atoms with Crippen molar-refractivity contribution in [2.75, 3.05) is 37.7 Å². The number of hydrogen-bond acceptors (Lipinski definition) is 8. The first-order chi connectivity index (χ1) is 15.5. The molecule has 0 atom stereocenters. The molecule has 33 heavy (non-hydrogen) atoms. The van der Waals surface area contributed by atoms with Crippen LogP contribution in [0.2, 0.25) is 0 Å². The Morgan fingerprint density at radius 2 is 1.76 bits per heavy atom. The SMILES string of the molecule is CCOC(=O)C1CCN(CC(=O)N2CC(=O)C(=C3SC=CS3)C(=O)c3ccccc32)CC1.Cl. The summed E-state index contributed by atoms with van der Waals surface area (Å²) in [5.41, 5.74) is 0.986. The average molecular weight is 509 g/mol. The highest BCUT2D eigenvalue weighted by Gasteiger charge is 2.36. The zero-order valence-electron chi connectivity index (χ0n) is 18.2. The molecule has 3 aliphatic rings. The van der Waals surface area contributed by atoms with Crippen LogP contribution >= 0.6 is 35.9 Å². The van der Waals surface area contributed by atoms with Crippen LogP contribution in [0.5, 0.6) is 0 Å². The molecule has 1 amide bonds.